The third-order valence-corrected chi connectivity index (χ3v) is 3.38. The Hall–Kier alpha value is 0.360. The first kappa shape index (κ1) is 10.4. The van der Waals surface area contributed by atoms with Gasteiger partial charge >= 0.3 is 0 Å². The number of hydrogen-bond donors (Lipinski definition) is 0. The quantitative estimate of drug-likeness (QED) is 0.571. The lowest BCUT2D eigenvalue weighted by molar-refractivity contribution is -0.126. The molecule has 0 aromatic heterocycles. The van der Waals surface area contributed by atoms with Gasteiger partial charge in [0, 0.05) is 47.8 Å². The number of hydrogen-bond acceptors (Lipinski definition) is 2. The van der Waals surface area contributed by atoms with Gasteiger partial charge in [0.25, 0.3) is 0 Å². The number of Topliss-reactive ketones (excluding diaryl/α,β-unsaturated/α-hetero) is 1. The van der Waals surface area contributed by atoms with Crippen LogP contribution in [0.25, 0.3) is 0 Å². The molecule has 0 radical (unpaired) electrons. The highest BCUT2D eigenvalue weighted by atomic mass is 127. The van der Waals surface area contributed by atoms with E-state index >= 15 is 0 Å². The number of halogens is 1. The fraction of sp³-hybridized carbons (Fsp3) is 0.889. The van der Waals surface area contributed by atoms with Crippen LogP contribution in [0.3, 0.4) is 0 Å². The van der Waals surface area contributed by atoms with Gasteiger partial charge in [-0.15, -0.1) is 0 Å². The van der Waals surface area contributed by atoms with Crippen LogP contribution in [0, 0.1) is 11.8 Å². The van der Waals surface area contributed by atoms with Crippen molar-refractivity contribution in [1.29, 1.82) is 0 Å². The minimum absolute atomic E-state index is 0.218. The summed E-state index contributed by atoms with van der Waals surface area (Å²) < 4.78 is 2.27. The van der Waals surface area contributed by atoms with E-state index in [0.29, 0.717) is 11.7 Å². The molecule has 0 unspecified atom stereocenters. The van der Waals surface area contributed by atoms with Crippen molar-refractivity contribution in [3.8, 4) is 0 Å². The zero-order valence-electron chi connectivity index (χ0n) is 7.72. The van der Waals surface area contributed by atoms with Gasteiger partial charge in [-0.2, -0.15) is 0 Å². The van der Waals surface area contributed by atoms with Gasteiger partial charge in [0.05, 0.1) is 0 Å². The van der Waals surface area contributed by atoms with Crippen LogP contribution in [-0.2, 0) is 4.79 Å². The summed E-state index contributed by atoms with van der Waals surface area (Å²) in [5.74, 6) is 1.02. The van der Waals surface area contributed by atoms with E-state index in [2.05, 4.69) is 26.0 Å². The topological polar surface area (TPSA) is 20.3 Å². The molecule has 0 aromatic rings. The van der Waals surface area contributed by atoms with Crippen LogP contribution >= 0.6 is 22.9 Å². The third kappa shape index (κ3) is 2.69. The van der Waals surface area contributed by atoms with Crippen molar-refractivity contribution in [3.05, 3.63) is 0 Å². The minimum atomic E-state index is 0.218. The lowest BCUT2D eigenvalue weighted by Crippen LogP contribution is -2.32. The number of piperidine rings is 1. The molecular formula is C9H16INO. The van der Waals surface area contributed by atoms with E-state index in [1.54, 1.807) is 0 Å². The van der Waals surface area contributed by atoms with Gasteiger partial charge < -0.3 is 0 Å². The Morgan fingerprint density at radius 3 is 2.33 bits per heavy atom. The molecule has 0 amide bonds. The molecule has 1 rings (SSSR count). The zero-order chi connectivity index (χ0) is 9.14. The summed E-state index contributed by atoms with van der Waals surface area (Å²) in [6, 6.07) is 0. The van der Waals surface area contributed by atoms with Crippen LogP contribution in [0.4, 0.5) is 0 Å². The van der Waals surface area contributed by atoms with E-state index in [0.717, 1.165) is 25.9 Å². The monoisotopic (exact) mass is 281 g/mol. The van der Waals surface area contributed by atoms with E-state index in [1.165, 1.54) is 0 Å². The Bertz CT molecular complexity index is 162. The molecule has 1 aliphatic heterocycles. The first-order chi connectivity index (χ1) is 5.61. The Labute approximate surface area is 88.2 Å². The van der Waals surface area contributed by atoms with Gasteiger partial charge in [-0.1, -0.05) is 13.8 Å². The predicted molar refractivity (Wildman–Crippen MR) is 58.2 cm³/mol. The number of carbonyl (C=O) groups is 1. The average molecular weight is 281 g/mol. The molecule has 0 aliphatic carbocycles. The molecular weight excluding hydrogens is 265 g/mol. The Morgan fingerprint density at radius 1 is 1.42 bits per heavy atom. The summed E-state index contributed by atoms with van der Waals surface area (Å²) in [5.41, 5.74) is 0. The molecule has 1 fully saturated rings. The SMILES string of the molecule is CC(C)C(=O)C1CCN(I)CC1. The van der Waals surface area contributed by atoms with Crippen molar-refractivity contribution >= 4 is 28.6 Å². The molecule has 2 nitrogen and oxygen atoms in total. The highest BCUT2D eigenvalue weighted by Crippen LogP contribution is 2.22. The first-order valence-electron chi connectivity index (χ1n) is 4.55. The van der Waals surface area contributed by atoms with E-state index in [1.807, 2.05) is 13.8 Å². The molecule has 12 heavy (non-hydrogen) atoms. The molecule has 0 N–H and O–H groups in total. The van der Waals surface area contributed by atoms with Gasteiger partial charge in [0.15, 0.2) is 0 Å². The molecule has 0 saturated carbocycles. The molecule has 0 atom stereocenters. The maximum absolute atomic E-state index is 11.6. The third-order valence-electron chi connectivity index (χ3n) is 2.41. The normalized spacial score (nSPS) is 21.7. The van der Waals surface area contributed by atoms with Gasteiger partial charge in [-0.3, -0.25) is 4.79 Å². The standard InChI is InChI=1S/C9H16INO/c1-7(2)9(12)8-3-5-11(10)6-4-8/h7-8H,3-6H2,1-2H3. The Morgan fingerprint density at radius 2 is 1.92 bits per heavy atom. The molecule has 0 spiro atoms. The summed E-state index contributed by atoms with van der Waals surface area (Å²) in [7, 11) is 0. The second kappa shape index (κ2) is 4.56. The van der Waals surface area contributed by atoms with E-state index in [-0.39, 0.29) is 5.92 Å². The van der Waals surface area contributed by atoms with Gasteiger partial charge in [0.2, 0.25) is 0 Å². The molecule has 0 bridgehead atoms. The maximum Gasteiger partial charge on any atom is 0.138 e. The molecule has 0 aromatic carbocycles. The first-order valence-corrected chi connectivity index (χ1v) is 5.52. The summed E-state index contributed by atoms with van der Waals surface area (Å²) in [4.78, 5) is 11.6. The van der Waals surface area contributed by atoms with Crippen LogP contribution in [0.1, 0.15) is 26.7 Å². The highest BCUT2D eigenvalue weighted by molar-refractivity contribution is 14.1. The summed E-state index contributed by atoms with van der Waals surface area (Å²) >= 11 is 2.33. The molecule has 70 valence electrons. The van der Waals surface area contributed by atoms with E-state index in [9.17, 15) is 4.79 Å². The van der Waals surface area contributed by atoms with Crippen LogP contribution < -0.4 is 0 Å². The van der Waals surface area contributed by atoms with Crippen molar-refractivity contribution in [2.24, 2.45) is 11.8 Å². The summed E-state index contributed by atoms with van der Waals surface area (Å²) in [6.07, 6.45) is 2.11. The van der Waals surface area contributed by atoms with Gasteiger partial charge in [0.1, 0.15) is 5.78 Å². The van der Waals surface area contributed by atoms with E-state index in [4.69, 9.17) is 0 Å². The van der Waals surface area contributed by atoms with Crippen LogP contribution in [0.5, 0.6) is 0 Å². The van der Waals surface area contributed by atoms with Crippen molar-refractivity contribution < 1.29 is 4.79 Å². The lowest BCUT2D eigenvalue weighted by Gasteiger charge is -2.27. The number of nitrogens with zero attached hydrogens (tertiary/aromatic N) is 1. The molecule has 3 heteroatoms. The number of rotatable bonds is 2. The highest BCUT2D eigenvalue weighted by Gasteiger charge is 2.25. The Kier molecular flexibility index (Phi) is 3.96. The largest absolute Gasteiger partial charge is 0.299 e. The van der Waals surface area contributed by atoms with Crippen molar-refractivity contribution in [2.45, 2.75) is 26.7 Å². The molecule has 1 saturated heterocycles. The van der Waals surface area contributed by atoms with Crippen molar-refractivity contribution in [1.82, 2.24) is 3.11 Å². The predicted octanol–water partition coefficient (Wildman–Crippen LogP) is 2.27. The lowest BCUT2D eigenvalue weighted by atomic mass is 9.88. The van der Waals surface area contributed by atoms with Crippen molar-refractivity contribution in [3.63, 3.8) is 0 Å². The fourth-order valence-electron chi connectivity index (χ4n) is 1.60. The van der Waals surface area contributed by atoms with Crippen LogP contribution in [0.2, 0.25) is 0 Å². The molecule has 1 heterocycles. The molecule has 1 aliphatic rings. The van der Waals surface area contributed by atoms with Crippen molar-refractivity contribution in [2.75, 3.05) is 13.1 Å². The summed E-state index contributed by atoms with van der Waals surface area (Å²) in [6.45, 7) is 6.14. The zero-order valence-corrected chi connectivity index (χ0v) is 9.87. The minimum Gasteiger partial charge on any atom is -0.299 e. The van der Waals surface area contributed by atoms with Gasteiger partial charge in [-0.25, -0.2) is 3.11 Å². The van der Waals surface area contributed by atoms with Crippen LogP contribution in [0.15, 0.2) is 0 Å². The summed E-state index contributed by atoms with van der Waals surface area (Å²) in [5, 5.41) is 0. The smallest absolute Gasteiger partial charge is 0.138 e. The van der Waals surface area contributed by atoms with E-state index < -0.39 is 0 Å². The van der Waals surface area contributed by atoms with Crippen LogP contribution in [-0.4, -0.2) is 22.0 Å². The fourth-order valence-corrected chi connectivity index (χ4v) is 2.16. The maximum atomic E-state index is 11.6. The second-order valence-electron chi connectivity index (χ2n) is 3.74. The average Bonchev–Trinajstić information content (AvgIpc) is 2.04. The number of ketones is 1. The van der Waals surface area contributed by atoms with Gasteiger partial charge in [-0.05, 0) is 12.8 Å². The second-order valence-corrected chi connectivity index (χ2v) is 5.11. The Balaban J connectivity index is 2.39. The number of carbonyl (C=O) groups excluding carboxylic acids is 1.